The smallest absolute Gasteiger partial charge is 0.164 e. The number of furan rings is 1. The average Bonchev–Trinajstić information content (AvgIpc) is 3.57. The zero-order valence-corrected chi connectivity index (χ0v) is 26.2. The van der Waals surface area contributed by atoms with E-state index in [1.165, 1.54) is 21.7 Å². The summed E-state index contributed by atoms with van der Waals surface area (Å²) in [6.45, 7) is 0. The van der Waals surface area contributed by atoms with Crippen molar-refractivity contribution in [2.45, 2.75) is 0 Å². The van der Waals surface area contributed by atoms with E-state index in [-0.39, 0.29) is 0 Å². The second-order valence-corrected chi connectivity index (χ2v) is 12.3. The van der Waals surface area contributed by atoms with Crippen molar-refractivity contribution in [1.29, 1.82) is 0 Å². The number of fused-ring (bicyclic) bond motifs is 7. The summed E-state index contributed by atoms with van der Waals surface area (Å²) in [5, 5.41) is 8.76. The van der Waals surface area contributed by atoms with Crippen LogP contribution in [0.4, 0.5) is 0 Å². The Morgan fingerprint density at radius 2 is 1.06 bits per heavy atom. The second kappa shape index (κ2) is 10.9. The molecule has 0 radical (unpaired) electrons. The Morgan fingerprint density at radius 3 is 1.96 bits per heavy atom. The molecule has 0 aliphatic heterocycles. The van der Waals surface area contributed by atoms with Crippen LogP contribution in [0, 0.1) is 0 Å². The van der Waals surface area contributed by atoms with Gasteiger partial charge in [0.05, 0.1) is 0 Å². The molecule has 228 valence electrons. The highest BCUT2D eigenvalue weighted by Gasteiger charge is 2.19. The van der Waals surface area contributed by atoms with Crippen molar-refractivity contribution >= 4 is 54.3 Å². The van der Waals surface area contributed by atoms with Gasteiger partial charge in [-0.05, 0) is 62.3 Å². The largest absolute Gasteiger partial charge is 0.455 e. The van der Waals surface area contributed by atoms with Crippen molar-refractivity contribution in [1.82, 2.24) is 19.9 Å². The van der Waals surface area contributed by atoms with Crippen LogP contribution in [0.1, 0.15) is 0 Å². The van der Waals surface area contributed by atoms with Crippen LogP contribution in [-0.4, -0.2) is 19.9 Å². The molecule has 49 heavy (non-hydrogen) atoms. The van der Waals surface area contributed by atoms with Crippen LogP contribution in [0.3, 0.4) is 0 Å². The summed E-state index contributed by atoms with van der Waals surface area (Å²) in [4.78, 5) is 19.7. The van der Waals surface area contributed by atoms with Gasteiger partial charge in [0.15, 0.2) is 17.5 Å². The maximum atomic E-state index is 6.48. The molecule has 0 saturated carbocycles. The van der Waals surface area contributed by atoms with Crippen LogP contribution in [0.2, 0.25) is 0 Å². The normalized spacial score (nSPS) is 11.7. The zero-order valence-electron chi connectivity index (χ0n) is 26.2. The topological polar surface area (TPSA) is 64.7 Å². The summed E-state index contributed by atoms with van der Waals surface area (Å²) in [5.74, 6) is 1.81. The van der Waals surface area contributed by atoms with Crippen molar-refractivity contribution in [3.8, 4) is 45.3 Å². The molecular weight excluding hydrogens is 601 g/mol. The van der Waals surface area contributed by atoms with Crippen molar-refractivity contribution in [2.75, 3.05) is 0 Å². The summed E-state index contributed by atoms with van der Waals surface area (Å²) >= 11 is 0. The van der Waals surface area contributed by atoms with E-state index < -0.39 is 0 Å². The molecule has 7 aromatic carbocycles. The monoisotopic (exact) mass is 626 g/mol. The van der Waals surface area contributed by atoms with E-state index >= 15 is 0 Å². The van der Waals surface area contributed by atoms with Crippen LogP contribution >= 0.6 is 0 Å². The van der Waals surface area contributed by atoms with Gasteiger partial charge in [0.25, 0.3) is 0 Å². The molecule has 0 aliphatic rings. The molecule has 0 N–H and O–H groups in total. The minimum Gasteiger partial charge on any atom is -0.455 e. The Bertz CT molecular complexity index is 2890. The summed E-state index contributed by atoms with van der Waals surface area (Å²) < 4.78 is 6.48. The molecular formula is C44H26N4O. The summed E-state index contributed by atoms with van der Waals surface area (Å²) in [7, 11) is 0. The van der Waals surface area contributed by atoms with E-state index in [0.717, 1.165) is 60.4 Å². The van der Waals surface area contributed by atoms with Gasteiger partial charge in [-0.15, -0.1) is 0 Å². The van der Waals surface area contributed by atoms with E-state index in [1.54, 1.807) is 6.20 Å². The van der Waals surface area contributed by atoms with Crippen molar-refractivity contribution in [3.63, 3.8) is 0 Å². The number of nitrogens with zero attached hydrogens (tertiary/aromatic N) is 4. The summed E-state index contributed by atoms with van der Waals surface area (Å²) in [6, 6.07) is 50.4. The molecule has 3 heterocycles. The fraction of sp³-hybridized carbons (Fsp3) is 0. The second-order valence-electron chi connectivity index (χ2n) is 12.3. The van der Waals surface area contributed by atoms with Gasteiger partial charge in [0.1, 0.15) is 11.2 Å². The van der Waals surface area contributed by atoms with Gasteiger partial charge in [0, 0.05) is 45.2 Å². The third kappa shape index (κ3) is 4.55. The Morgan fingerprint density at radius 1 is 0.408 bits per heavy atom. The highest BCUT2D eigenvalue weighted by atomic mass is 16.3. The van der Waals surface area contributed by atoms with Crippen LogP contribution < -0.4 is 0 Å². The lowest BCUT2D eigenvalue weighted by Crippen LogP contribution is -2.00. The first kappa shape index (κ1) is 27.4. The molecule has 5 heteroatoms. The quantitative estimate of drug-likeness (QED) is 0.194. The Balaban J connectivity index is 1.17. The maximum Gasteiger partial charge on any atom is 0.164 e. The van der Waals surface area contributed by atoms with Gasteiger partial charge in [-0.25, -0.2) is 15.0 Å². The van der Waals surface area contributed by atoms with Gasteiger partial charge in [-0.2, -0.15) is 0 Å². The lowest BCUT2D eigenvalue weighted by atomic mass is 9.97. The number of hydrogen-bond acceptors (Lipinski definition) is 5. The Hall–Kier alpha value is -6.72. The van der Waals surface area contributed by atoms with E-state index in [9.17, 15) is 0 Å². The molecule has 0 amide bonds. The highest BCUT2D eigenvalue weighted by molar-refractivity contribution is 6.18. The number of pyridine rings is 1. The molecule has 3 aromatic heterocycles. The molecule has 0 fully saturated rings. The molecule has 0 atom stereocenters. The first-order valence-corrected chi connectivity index (χ1v) is 16.3. The highest BCUT2D eigenvalue weighted by Crippen LogP contribution is 2.39. The minimum atomic E-state index is 0.589. The lowest BCUT2D eigenvalue weighted by molar-refractivity contribution is 0.672. The van der Waals surface area contributed by atoms with Gasteiger partial charge in [-0.3, -0.25) is 4.98 Å². The number of benzene rings is 7. The fourth-order valence-electron chi connectivity index (χ4n) is 6.99. The molecule has 0 unspecified atom stereocenters. The van der Waals surface area contributed by atoms with E-state index in [2.05, 4.69) is 132 Å². The van der Waals surface area contributed by atoms with Crippen LogP contribution in [0.5, 0.6) is 0 Å². The van der Waals surface area contributed by atoms with Crippen LogP contribution in [0.25, 0.3) is 99.5 Å². The molecule has 10 rings (SSSR count). The first-order chi connectivity index (χ1) is 24.3. The van der Waals surface area contributed by atoms with Gasteiger partial charge in [-0.1, -0.05) is 121 Å². The number of rotatable bonds is 4. The minimum absolute atomic E-state index is 0.589. The zero-order chi connectivity index (χ0) is 32.3. The summed E-state index contributed by atoms with van der Waals surface area (Å²) in [6.07, 6.45) is 3.66. The summed E-state index contributed by atoms with van der Waals surface area (Å²) in [5.41, 5.74) is 6.64. The molecule has 5 nitrogen and oxygen atoms in total. The van der Waals surface area contributed by atoms with Gasteiger partial charge >= 0.3 is 0 Å². The number of aromatic nitrogens is 4. The standard InChI is InChI=1S/C44H26N4O/c1-2-9-32-25-33(20-15-27(32)7-1)43-46-42(31-18-16-29(17-19-31)35-12-5-10-28-8-3-4-11-34(28)35)47-44(48-43)37-13-6-14-39-40(37)36-22-21-30-23-24-45-26-38(30)41(36)49-39/h1-26H. The predicted molar refractivity (Wildman–Crippen MR) is 199 cm³/mol. The molecule has 0 saturated heterocycles. The fourth-order valence-corrected chi connectivity index (χ4v) is 6.99. The molecule has 0 spiro atoms. The third-order valence-corrected chi connectivity index (χ3v) is 9.41. The Labute approximate surface area is 281 Å². The average molecular weight is 627 g/mol. The van der Waals surface area contributed by atoms with Crippen molar-refractivity contribution < 1.29 is 4.42 Å². The number of hydrogen-bond donors (Lipinski definition) is 0. The lowest BCUT2D eigenvalue weighted by Gasteiger charge is -2.11. The van der Waals surface area contributed by atoms with Crippen molar-refractivity contribution in [2.24, 2.45) is 0 Å². The van der Waals surface area contributed by atoms with E-state index in [4.69, 9.17) is 19.4 Å². The van der Waals surface area contributed by atoms with Crippen LogP contribution in [0.15, 0.2) is 162 Å². The SMILES string of the molecule is c1ccc2cc(-c3nc(-c4ccc(-c5cccc6ccccc56)cc4)nc(-c4cccc5oc6c7cnccc7ccc6c45)n3)ccc2c1. The molecule has 10 aromatic rings. The molecule has 0 aliphatic carbocycles. The van der Waals surface area contributed by atoms with Gasteiger partial charge in [0.2, 0.25) is 0 Å². The van der Waals surface area contributed by atoms with E-state index in [1.807, 2.05) is 24.4 Å². The maximum absolute atomic E-state index is 6.48. The van der Waals surface area contributed by atoms with Crippen LogP contribution in [-0.2, 0) is 0 Å². The molecule has 0 bridgehead atoms. The van der Waals surface area contributed by atoms with Crippen molar-refractivity contribution in [3.05, 3.63) is 158 Å². The first-order valence-electron chi connectivity index (χ1n) is 16.3. The van der Waals surface area contributed by atoms with Gasteiger partial charge < -0.3 is 4.42 Å². The van der Waals surface area contributed by atoms with E-state index in [0.29, 0.717) is 17.5 Å². The Kier molecular flexibility index (Phi) is 6.11. The third-order valence-electron chi connectivity index (χ3n) is 9.41. The predicted octanol–water partition coefficient (Wildman–Crippen LogP) is 11.3.